The minimum atomic E-state index is -3.38. The van der Waals surface area contributed by atoms with Crippen LogP contribution in [0.25, 0.3) is 0 Å². The maximum atomic E-state index is 13.9. The summed E-state index contributed by atoms with van der Waals surface area (Å²) in [5.41, 5.74) is 0.589. The molecular formula is C17H17F2N3O3S2. The van der Waals surface area contributed by atoms with Crippen LogP contribution in [0, 0.1) is 10.9 Å². The highest BCUT2D eigenvalue weighted by molar-refractivity contribution is 7.88. The van der Waals surface area contributed by atoms with Crippen molar-refractivity contribution in [1.82, 2.24) is 9.29 Å². The van der Waals surface area contributed by atoms with E-state index in [9.17, 15) is 22.0 Å². The van der Waals surface area contributed by atoms with Gasteiger partial charge in [-0.2, -0.15) is 4.39 Å². The maximum Gasteiger partial charge on any atom is 0.233 e. The van der Waals surface area contributed by atoms with Crippen molar-refractivity contribution in [3.05, 3.63) is 45.9 Å². The molecule has 1 amide bonds. The molecule has 4 rings (SSSR count). The highest BCUT2D eigenvalue weighted by atomic mass is 32.2. The molecule has 2 aliphatic heterocycles. The average molecular weight is 413 g/mol. The monoisotopic (exact) mass is 413 g/mol. The van der Waals surface area contributed by atoms with E-state index in [1.54, 1.807) is 11.0 Å². The molecule has 1 atom stereocenters. The van der Waals surface area contributed by atoms with Gasteiger partial charge in [-0.25, -0.2) is 22.1 Å². The number of thiazole rings is 1. The predicted molar refractivity (Wildman–Crippen MR) is 97.2 cm³/mol. The lowest BCUT2D eigenvalue weighted by atomic mass is 9.81. The van der Waals surface area contributed by atoms with Crippen molar-refractivity contribution in [3.63, 3.8) is 0 Å². The lowest BCUT2D eigenvalue weighted by molar-refractivity contribution is -0.118. The summed E-state index contributed by atoms with van der Waals surface area (Å²) in [6.07, 6.45) is 2.67. The van der Waals surface area contributed by atoms with Crippen LogP contribution in [-0.2, 0) is 26.7 Å². The molecule has 0 radical (unpaired) electrons. The number of rotatable bonds is 3. The molecule has 1 unspecified atom stereocenters. The van der Waals surface area contributed by atoms with E-state index in [0.29, 0.717) is 29.2 Å². The van der Waals surface area contributed by atoms with Crippen LogP contribution in [0.15, 0.2) is 24.4 Å². The molecule has 0 saturated carbocycles. The van der Waals surface area contributed by atoms with Crippen LogP contribution >= 0.6 is 11.3 Å². The first-order chi connectivity index (χ1) is 12.7. The van der Waals surface area contributed by atoms with Crippen LogP contribution < -0.4 is 4.90 Å². The second-order valence-corrected chi connectivity index (χ2v) is 10.1. The highest BCUT2D eigenvalue weighted by Gasteiger charge is 2.50. The molecule has 3 heterocycles. The Morgan fingerprint density at radius 2 is 2.11 bits per heavy atom. The number of fused-ring (bicyclic) bond motifs is 2. The number of amides is 1. The number of hydrogen-bond acceptors (Lipinski definition) is 5. The molecule has 0 aliphatic carbocycles. The van der Waals surface area contributed by atoms with E-state index in [-0.39, 0.29) is 25.4 Å². The van der Waals surface area contributed by atoms with E-state index in [1.165, 1.54) is 16.4 Å². The SMILES string of the molecule is CS(=O)(=O)N1CCC2(CN(C(=O)Cc3ncc(F)s3)c3ccc(F)cc32)C1. The fourth-order valence-electron chi connectivity index (χ4n) is 3.92. The van der Waals surface area contributed by atoms with Gasteiger partial charge in [-0.05, 0) is 30.2 Å². The Bertz CT molecular complexity index is 1020. The standard InChI is InChI=1S/C17H17F2N3O3S2/c1-27(24,25)21-5-4-17(9-21)10-22(13-3-2-11(18)6-12(13)17)16(23)7-15-20-8-14(19)26-15/h2-3,6,8H,4-5,7,9-10H2,1H3. The predicted octanol–water partition coefficient (Wildman–Crippen LogP) is 1.91. The van der Waals surface area contributed by atoms with Gasteiger partial charge in [-0.15, -0.1) is 0 Å². The molecule has 1 aromatic heterocycles. The number of benzene rings is 1. The molecule has 1 fully saturated rings. The third kappa shape index (κ3) is 3.26. The summed E-state index contributed by atoms with van der Waals surface area (Å²) >= 11 is 0.813. The largest absolute Gasteiger partial charge is 0.311 e. The third-order valence-corrected chi connectivity index (χ3v) is 7.23. The lowest BCUT2D eigenvalue weighted by Crippen LogP contribution is -2.40. The Balaban J connectivity index is 1.67. The van der Waals surface area contributed by atoms with Crippen molar-refractivity contribution in [3.8, 4) is 0 Å². The Morgan fingerprint density at radius 1 is 1.33 bits per heavy atom. The molecule has 2 aromatic rings. The summed E-state index contributed by atoms with van der Waals surface area (Å²) in [7, 11) is -3.38. The van der Waals surface area contributed by atoms with Crippen LogP contribution in [0.2, 0.25) is 0 Å². The van der Waals surface area contributed by atoms with Crippen molar-refractivity contribution in [2.24, 2.45) is 0 Å². The summed E-state index contributed by atoms with van der Waals surface area (Å²) in [5, 5.41) is -0.0935. The fourth-order valence-corrected chi connectivity index (χ4v) is 5.46. The molecule has 0 N–H and O–H groups in total. The molecule has 0 bridgehead atoms. The van der Waals surface area contributed by atoms with E-state index in [1.807, 2.05) is 0 Å². The number of hydrogen-bond donors (Lipinski definition) is 0. The number of carbonyl (C=O) groups is 1. The van der Waals surface area contributed by atoms with E-state index < -0.39 is 26.4 Å². The van der Waals surface area contributed by atoms with Gasteiger partial charge in [-0.1, -0.05) is 11.3 Å². The number of carbonyl (C=O) groups excluding carboxylic acids is 1. The van der Waals surface area contributed by atoms with Crippen LogP contribution in [-0.4, -0.2) is 49.5 Å². The minimum Gasteiger partial charge on any atom is -0.311 e. The minimum absolute atomic E-state index is 0.0583. The van der Waals surface area contributed by atoms with Crippen LogP contribution in [0.3, 0.4) is 0 Å². The molecule has 2 aliphatic rings. The Morgan fingerprint density at radius 3 is 2.74 bits per heavy atom. The number of aromatic nitrogens is 1. The van der Waals surface area contributed by atoms with Crippen molar-refractivity contribution < 1.29 is 22.0 Å². The number of sulfonamides is 1. The summed E-state index contributed by atoms with van der Waals surface area (Å²) in [6.45, 7) is 0.803. The Labute approximate surface area is 159 Å². The number of halogens is 2. The van der Waals surface area contributed by atoms with E-state index in [0.717, 1.165) is 23.8 Å². The summed E-state index contributed by atoms with van der Waals surface area (Å²) in [4.78, 5) is 18.3. The zero-order valence-electron chi connectivity index (χ0n) is 14.5. The molecule has 1 saturated heterocycles. The van der Waals surface area contributed by atoms with Gasteiger partial charge < -0.3 is 4.90 Å². The van der Waals surface area contributed by atoms with Crippen molar-refractivity contribution in [2.75, 3.05) is 30.8 Å². The first-order valence-corrected chi connectivity index (χ1v) is 11.0. The number of nitrogens with zero attached hydrogens (tertiary/aromatic N) is 3. The molecule has 1 aromatic carbocycles. The van der Waals surface area contributed by atoms with Crippen molar-refractivity contribution >= 4 is 33.0 Å². The Hall–Kier alpha value is -1.91. The first-order valence-electron chi connectivity index (χ1n) is 8.34. The number of anilines is 1. The van der Waals surface area contributed by atoms with E-state index in [4.69, 9.17) is 0 Å². The average Bonchev–Trinajstić information content (AvgIpc) is 3.27. The topological polar surface area (TPSA) is 70.6 Å². The van der Waals surface area contributed by atoms with Gasteiger partial charge in [0, 0.05) is 30.7 Å². The molecule has 1 spiro atoms. The molecule has 144 valence electrons. The first kappa shape index (κ1) is 18.5. The second kappa shape index (κ2) is 6.32. The van der Waals surface area contributed by atoms with Gasteiger partial charge in [0.2, 0.25) is 15.9 Å². The van der Waals surface area contributed by atoms with E-state index >= 15 is 0 Å². The molecule has 27 heavy (non-hydrogen) atoms. The van der Waals surface area contributed by atoms with Crippen LogP contribution in [0.1, 0.15) is 17.0 Å². The molecule has 10 heteroatoms. The van der Waals surface area contributed by atoms with Gasteiger partial charge >= 0.3 is 0 Å². The van der Waals surface area contributed by atoms with Crippen molar-refractivity contribution in [2.45, 2.75) is 18.3 Å². The van der Waals surface area contributed by atoms with Gasteiger partial charge in [0.15, 0.2) is 5.13 Å². The summed E-state index contributed by atoms with van der Waals surface area (Å²) < 4.78 is 52.3. The summed E-state index contributed by atoms with van der Waals surface area (Å²) in [5.74, 6) is -0.700. The highest BCUT2D eigenvalue weighted by Crippen LogP contribution is 2.47. The van der Waals surface area contributed by atoms with Crippen molar-refractivity contribution in [1.29, 1.82) is 0 Å². The third-order valence-electron chi connectivity index (χ3n) is 5.20. The molecular weight excluding hydrogens is 396 g/mol. The van der Waals surface area contributed by atoms with Gasteiger partial charge in [-0.3, -0.25) is 4.79 Å². The van der Waals surface area contributed by atoms with Crippen LogP contribution in [0.5, 0.6) is 0 Å². The van der Waals surface area contributed by atoms with Crippen LogP contribution in [0.4, 0.5) is 14.5 Å². The second-order valence-electron chi connectivity index (χ2n) is 7.00. The fraction of sp³-hybridized carbons (Fsp3) is 0.412. The summed E-state index contributed by atoms with van der Waals surface area (Å²) in [6, 6.07) is 4.21. The van der Waals surface area contributed by atoms with Gasteiger partial charge in [0.25, 0.3) is 0 Å². The normalized spacial score (nSPS) is 22.6. The zero-order valence-corrected chi connectivity index (χ0v) is 16.1. The van der Waals surface area contributed by atoms with E-state index in [2.05, 4.69) is 4.98 Å². The molecule has 6 nitrogen and oxygen atoms in total. The van der Waals surface area contributed by atoms with Gasteiger partial charge in [0.05, 0.1) is 18.9 Å². The Kier molecular flexibility index (Phi) is 4.32. The maximum absolute atomic E-state index is 13.9. The smallest absolute Gasteiger partial charge is 0.233 e. The quantitative estimate of drug-likeness (QED) is 0.771. The lowest BCUT2D eigenvalue weighted by Gasteiger charge is -2.25. The van der Waals surface area contributed by atoms with Gasteiger partial charge in [0.1, 0.15) is 10.8 Å². The zero-order chi connectivity index (χ0) is 19.4.